The topological polar surface area (TPSA) is 38.0 Å². The van der Waals surface area contributed by atoms with Gasteiger partial charge >= 0.3 is 0 Å². The summed E-state index contributed by atoms with van der Waals surface area (Å²) in [6.07, 6.45) is 1.15. The second-order valence-corrected chi connectivity index (χ2v) is 6.02. The van der Waals surface area contributed by atoms with Crippen molar-refractivity contribution in [2.45, 2.75) is 18.9 Å². The second-order valence-electron chi connectivity index (χ2n) is 4.76. The molecule has 0 radical (unpaired) electrons. The van der Waals surface area contributed by atoms with Crippen LogP contribution in [-0.2, 0) is 12.8 Å². The standard InChI is InChI=1S/C15H14BrClF2N2/c16-13-6-9(1-4-15(13)19)5-12(21-20)7-10-2-3-11(18)8-14(10)17/h1-4,6,8,12,21H,5,7,20H2. The molecule has 2 aromatic rings. The number of nitrogens with one attached hydrogen (secondary N) is 1. The zero-order chi connectivity index (χ0) is 15.4. The molecule has 0 saturated carbocycles. The Morgan fingerprint density at radius 3 is 2.52 bits per heavy atom. The van der Waals surface area contributed by atoms with E-state index in [0.717, 1.165) is 11.1 Å². The van der Waals surface area contributed by atoms with Crippen LogP contribution in [0.15, 0.2) is 40.9 Å². The van der Waals surface area contributed by atoms with Gasteiger partial charge in [-0.25, -0.2) is 8.78 Å². The largest absolute Gasteiger partial charge is 0.271 e. The minimum atomic E-state index is -0.372. The van der Waals surface area contributed by atoms with Crippen molar-refractivity contribution in [2.24, 2.45) is 5.84 Å². The Kier molecular flexibility index (Phi) is 5.70. The highest BCUT2D eigenvalue weighted by atomic mass is 79.9. The van der Waals surface area contributed by atoms with Crippen molar-refractivity contribution in [1.29, 1.82) is 0 Å². The zero-order valence-electron chi connectivity index (χ0n) is 11.0. The van der Waals surface area contributed by atoms with Gasteiger partial charge in [0.25, 0.3) is 0 Å². The fourth-order valence-corrected chi connectivity index (χ4v) is 2.76. The molecule has 0 saturated heterocycles. The van der Waals surface area contributed by atoms with Crippen LogP contribution in [0.3, 0.4) is 0 Å². The quantitative estimate of drug-likeness (QED) is 0.612. The van der Waals surface area contributed by atoms with Gasteiger partial charge in [-0.15, -0.1) is 0 Å². The third-order valence-corrected chi connectivity index (χ3v) is 4.14. The molecule has 0 aliphatic heterocycles. The summed E-state index contributed by atoms with van der Waals surface area (Å²) in [5.41, 5.74) is 4.46. The first-order valence-electron chi connectivity index (χ1n) is 6.33. The van der Waals surface area contributed by atoms with Crippen LogP contribution in [0, 0.1) is 11.6 Å². The number of halogens is 4. The first kappa shape index (κ1) is 16.4. The van der Waals surface area contributed by atoms with Gasteiger partial charge < -0.3 is 0 Å². The maximum atomic E-state index is 13.2. The van der Waals surface area contributed by atoms with Crippen LogP contribution in [0.2, 0.25) is 5.02 Å². The molecule has 0 aliphatic rings. The first-order valence-corrected chi connectivity index (χ1v) is 7.50. The average Bonchev–Trinajstić information content (AvgIpc) is 2.44. The number of hydrogen-bond acceptors (Lipinski definition) is 2. The van der Waals surface area contributed by atoms with Crippen molar-refractivity contribution in [3.63, 3.8) is 0 Å². The lowest BCUT2D eigenvalue weighted by Crippen LogP contribution is -2.38. The molecule has 3 N–H and O–H groups in total. The molecule has 1 unspecified atom stereocenters. The van der Waals surface area contributed by atoms with Gasteiger partial charge in [0.05, 0.1) is 4.47 Å². The van der Waals surface area contributed by atoms with E-state index in [9.17, 15) is 8.78 Å². The lowest BCUT2D eigenvalue weighted by Gasteiger charge is -2.17. The molecule has 1 atom stereocenters. The highest BCUT2D eigenvalue weighted by Gasteiger charge is 2.12. The van der Waals surface area contributed by atoms with Crippen molar-refractivity contribution >= 4 is 27.5 Å². The van der Waals surface area contributed by atoms with E-state index in [1.54, 1.807) is 18.2 Å². The molecular weight excluding hydrogens is 362 g/mol. The zero-order valence-corrected chi connectivity index (χ0v) is 13.4. The van der Waals surface area contributed by atoms with Crippen LogP contribution >= 0.6 is 27.5 Å². The molecule has 2 nitrogen and oxygen atoms in total. The number of rotatable bonds is 5. The van der Waals surface area contributed by atoms with E-state index in [2.05, 4.69) is 21.4 Å². The van der Waals surface area contributed by atoms with Gasteiger partial charge in [-0.05, 0) is 64.2 Å². The van der Waals surface area contributed by atoms with Gasteiger partial charge in [0, 0.05) is 11.1 Å². The Labute approximate surface area is 135 Å². The maximum absolute atomic E-state index is 13.2. The molecule has 6 heteroatoms. The highest BCUT2D eigenvalue weighted by Crippen LogP contribution is 2.21. The van der Waals surface area contributed by atoms with Gasteiger partial charge in [-0.1, -0.05) is 23.7 Å². The van der Waals surface area contributed by atoms with E-state index in [4.69, 9.17) is 17.4 Å². The molecule has 21 heavy (non-hydrogen) atoms. The number of benzene rings is 2. The van der Waals surface area contributed by atoms with Crippen LogP contribution < -0.4 is 11.3 Å². The van der Waals surface area contributed by atoms with Gasteiger partial charge in [0.1, 0.15) is 11.6 Å². The fourth-order valence-electron chi connectivity index (χ4n) is 2.09. The molecule has 0 spiro atoms. The van der Waals surface area contributed by atoms with Gasteiger partial charge in [0.15, 0.2) is 0 Å². The fraction of sp³-hybridized carbons (Fsp3) is 0.200. The maximum Gasteiger partial charge on any atom is 0.137 e. The normalized spacial score (nSPS) is 12.4. The van der Waals surface area contributed by atoms with E-state index in [0.29, 0.717) is 22.3 Å². The van der Waals surface area contributed by atoms with Crippen molar-refractivity contribution < 1.29 is 8.78 Å². The minimum absolute atomic E-state index is 0.0923. The molecule has 0 amide bonds. The molecule has 0 fully saturated rings. The Morgan fingerprint density at radius 2 is 1.90 bits per heavy atom. The van der Waals surface area contributed by atoms with Gasteiger partial charge in [-0.3, -0.25) is 11.3 Å². The molecule has 2 aromatic carbocycles. The van der Waals surface area contributed by atoms with Crippen molar-refractivity contribution in [3.05, 3.63) is 68.7 Å². The molecule has 2 rings (SSSR count). The summed E-state index contributed by atoms with van der Waals surface area (Å²) in [5, 5.41) is 0.371. The third kappa shape index (κ3) is 4.48. The summed E-state index contributed by atoms with van der Waals surface area (Å²) in [6.45, 7) is 0. The van der Waals surface area contributed by atoms with Crippen LogP contribution in [0.1, 0.15) is 11.1 Å². The predicted octanol–water partition coefficient (Wildman–Crippen LogP) is 4.00. The Bertz CT molecular complexity index is 637. The predicted molar refractivity (Wildman–Crippen MR) is 84.0 cm³/mol. The SMILES string of the molecule is NNC(Cc1ccc(F)c(Br)c1)Cc1ccc(F)cc1Cl. The number of hydrogen-bond donors (Lipinski definition) is 2. The van der Waals surface area contributed by atoms with Crippen LogP contribution in [-0.4, -0.2) is 6.04 Å². The molecule has 0 heterocycles. The Hall–Kier alpha value is -1.01. The lowest BCUT2D eigenvalue weighted by molar-refractivity contribution is 0.521. The van der Waals surface area contributed by atoms with E-state index in [1.165, 1.54) is 18.2 Å². The van der Waals surface area contributed by atoms with Crippen LogP contribution in [0.25, 0.3) is 0 Å². The highest BCUT2D eigenvalue weighted by molar-refractivity contribution is 9.10. The summed E-state index contributed by atoms with van der Waals surface area (Å²) >= 11 is 9.17. The smallest absolute Gasteiger partial charge is 0.137 e. The van der Waals surface area contributed by atoms with E-state index >= 15 is 0 Å². The summed E-state index contributed by atoms with van der Waals surface area (Å²) in [4.78, 5) is 0. The summed E-state index contributed by atoms with van der Waals surface area (Å²) in [6, 6.07) is 9.01. The average molecular weight is 376 g/mol. The minimum Gasteiger partial charge on any atom is -0.271 e. The van der Waals surface area contributed by atoms with E-state index in [-0.39, 0.29) is 17.7 Å². The third-order valence-electron chi connectivity index (χ3n) is 3.18. The number of hydrazine groups is 1. The number of nitrogens with two attached hydrogens (primary N) is 1. The van der Waals surface area contributed by atoms with Crippen molar-refractivity contribution in [1.82, 2.24) is 5.43 Å². The second kappa shape index (κ2) is 7.31. The molecule has 0 aliphatic carbocycles. The van der Waals surface area contributed by atoms with Gasteiger partial charge in [-0.2, -0.15) is 0 Å². The Balaban J connectivity index is 2.10. The Morgan fingerprint density at radius 1 is 1.14 bits per heavy atom. The van der Waals surface area contributed by atoms with E-state index in [1.807, 2.05) is 0 Å². The first-order chi connectivity index (χ1) is 9.99. The van der Waals surface area contributed by atoms with E-state index < -0.39 is 0 Å². The van der Waals surface area contributed by atoms with Gasteiger partial charge in [0.2, 0.25) is 0 Å². The molecule has 112 valence electrons. The van der Waals surface area contributed by atoms with Crippen molar-refractivity contribution in [3.8, 4) is 0 Å². The monoisotopic (exact) mass is 374 g/mol. The molecular formula is C15H14BrClF2N2. The lowest BCUT2D eigenvalue weighted by atomic mass is 9.99. The summed E-state index contributed by atoms with van der Waals surface area (Å²) in [7, 11) is 0. The molecule has 0 aromatic heterocycles. The van der Waals surface area contributed by atoms with Crippen LogP contribution in [0.5, 0.6) is 0 Å². The van der Waals surface area contributed by atoms with Crippen molar-refractivity contribution in [2.75, 3.05) is 0 Å². The van der Waals surface area contributed by atoms with Crippen LogP contribution in [0.4, 0.5) is 8.78 Å². The summed E-state index contributed by atoms with van der Waals surface area (Å²) in [5.74, 6) is 4.88. The molecule has 0 bridgehead atoms. The summed E-state index contributed by atoms with van der Waals surface area (Å²) < 4.78 is 26.7.